The Bertz CT molecular complexity index is 252. The van der Waals surface area contributed by atoms with Gasteiger partial charge in [0.15, 0.2) is 0 Å². The highest BCUT2D eigenvalue weighted by molar-refractivity contribution is 5.69. The molecule has 0 fully saturated rings. The Morgan fingerprint density at radius 2 is 1.68 bits per heavy atom. The summed E-state index contributed by atoms with van der Waals surface area (Å²) in [4.78, 5) is 22.2. The first-order chi connectivity index (χ1) is 9.10. The Balaban J connectivity index is 3.49. The van der Waals surface area contributed by atoms with E-state index >= 15 is 0 Å². The first kappa shape index (κ1) is 17.7. The number of carbonyl (C=O) groups is 2. The van der Waals surface area contributed by atoms with E-state index < -0.39 is 12.3 Å². The van der Waals surface area contributed by atoms with Crippen molar-refractivity contribution in [3.63, 3.8) is 0 Å². The number of hydrogen-bond donors (Lipinski definition) is 0. The van der Waals surface area contributed by atoms with Crippen molar-refractivity contribution in [3.8, 4) is 0 Å². The number of carbonyl (C=O) groups excluding carboxylic acids is 2. The Hall–Kier alpha value is -1.26. The van der Waals surface area contributed by atoms with Gasteiger partial charge in [-0.05, 0) is 13.3 Å². The Labute approximate surface area is 115 Å². The van der Waals surface area contributed by atoms with Gasteiger partial charge in [-0.25, -0.2) is 4.79 Å². The fourth-order valence-corrected chi connectivity index (χ4v) is 1.61. The molecule has 0 amide bonds. The van der Waals surface area contributed by atoms with Crippen LogP contribution >= 0.6 is 0 Å². The van der Waals surface area contributed by atoms with Crippen molar-refractivity contribution in [2.75, 3.05) is 13.7 Å². The normalized spacial score (nSPS) is 11.7. The van der Waals surface area contributed by atoms with Crippen LogP contribution in [0.2, 0.25) is 0 Å². The lowest BCUT2D eigenvalue weighted by Gasteiger charge is -2.12. The highest BCUT2D eigenvalue weighted by Crippen LogP contribution is 2.08. The predicted molar refractivity (Wildman–Crippen MR) is 71.9 cm³/mol. The summed E-state index contributed by atoms with van der Waals surface area (Å²) >= 11 is 0. The number of esters is 1. The maximum atomic E-state index is 11.5. The summed E-state index contributed by atoms with van der Waals surface area (Å²) in [6.07, 6.45) is 6.01. The van der Waals surface area contributed by atoms with E-state index in [0.717, 1.165) is 12.8 Å². The second-order valence-electron chi connectivity index (χ2n) is 4.58. The average molecular weight is 274 g/mol. The van der Waals surface area contributed by atoms with Crippen LogP contribution < -0.4 is 0 Å². The molecule has 5 heteroatoms. The van der Waals surface area contributed by atoms with E-state index in [2.05, 4.69) is 16.4 Å². The quantitative estimate of drug-likeness (QED) is 0.451. The summed E-state index contributed by atoms with van der Waals surface area (Å²) in [7, 11) is 1.23. The van der Waals surface area contributed by atoms with Crippen LogP contribution in [-0.4, -0.2) is 31.9 Å². The Kier molecular flexibility index (Phi) is 11.0. The van der Waals surface area contributed by atoms with Crippen molar-refractivity contribution < 1.29 is 23.8 Å². The van der Waals surface area contributed by atoms with Crippen LogP contribution in [0.1, 0.15) is 58.8 Å². The number of rotatable bonds is 10. The van der Waals surface area contributed by atoms with E-state index in [0.29, 0.717) is 6.42 Å². The van der Waals surface area contributed by atoms with Crippen molar-refractivity contribution in [2.24, 2.45) is 0 Å². The van der Waals surface area contributed by atoms with Crippen LogP contribution in [0, 0.1) is 0 Å². The third-order valence-electron chi connectivity index (χ3n) is 2.67. The van der Waals surface area contributed by atoms with Crippen LogP contribution in [0.4, 0.5) is 4.79 Å². The van der Waals surface area contributed by atoms with E-state index in [4.69, 9.17) is 4.74 Å². The molecular formula is C14H26O5. The van der Waals surface area contributed by atoms with Crippen LogP contribution in [0.15, 0.2) is 0 Å². The molecule has 5 nitrogen and oxygen atoms in total. The second-order valence-corrected chi connectivity index (χ2v) is 4.58. The summed E-state index contributed by atoms with van der Waals surface area (Å²) in [5.41, 5.74) is 0. The molecule has 0 aromatic rings. The van der Waals surface area contributed by atoms with Gasteiger partial charge >= 0.3 is 12.1 Å². The minimum absolute atomic E-state index is 0.0227. The minimum Gasteiger partial charge on any atom is -0.459 e. The number of hydrogen-bond acceptors (Lipinski definition) is 5. The second kappa shape index (κ2) is 11.8. The number of ether oxygens (including phenoxy) is 3. The standard InChI is InChI=1S/C14H26O5/c1-4-5-6-7-8-9-10-13(15)19-12(2)11-18-14(16)17-3/h12H,4-11H2,1-3H3. The van der Waals surface area contributed by atoms with E-state index in [-0.39, 0.29) is 12.6 Å². The smallest absolute Gasteiger partial charge is 0.459 e. The molecule has 19 heavy (non-hydrogen) atoms. The van der Waals surface area contributed by atoms with Gasteiger partial charge in [0, 0.05) is 6.42 Å². The largest absolute Gasteiger partial charge is 0.508 e. The van der Waals surface area contributed by atoms with Crippen molar-refractivity contribution >= 4 is 12.1 Å². The van der Waals surface area contributed by atoms with Gasteiger partial charge in [-0.2, -0.15) is 0 Å². The van der Waals surface area contributed by atoms with Gasteiger partial charge in [0.1, 0.15) is 12.7 Å². The molecule has 0 aliphatic rings. The summed E-state index contributed by atoms with van der Waals surface area (Å²) in [5, 5.41) is 0. The molecule has 0 radical (unpaired) electrons. The molecule has 0 heterocycles. The monoisotopic (exact) mass is 274 g/mol. The molecule has 0 aliphatic carbocycles. The lowest BCUT2D eigenvalue weighted by atomic mass is 10.1. The average Bonchev–Trinajstić information content (AvgIpc) is 2.39. The molecular weight excluding hydrogens is 248 g/mol. The molecule has 0 aromatic carbocycles. The Morgan fingerprint density at radius 1 is 1.05 bits per heavy atom. The maximum Gasteiger partial charge on any atom is 0.508 e. The zero-order valence-electron chi connectivity index (χ0n) is 12.3. The first-order valence-corrected chi connectivity index (χ1v) is 7.00. The van der Waals surface area contributed by atoms with Gasteiger partial charge in [-0.15, -0.1) is 0 Å². The molecule has 0 saturated carbocycles. The lowest BCUT2D eigenvalue weighted by molar-refractivity contribution is -0.150. The summed E-state index contributed by atoms with van der Waals surface area (Å²) < 4.78 is 14.1. The molecule has 1 atom stereocenters. The van der Waals surface area contributed by atoms with E-state index in [9.17, 15) is 9.59 Å². The molecule has 0 spiro atoms. The summed E-state index contributed by atoms with van der Waals surface area (Å²) in [6, 6.07) is 0. The van der Waals surface area contributed by atoms with Gasteiger partial charge < -0.3 is 14.2 Å². The molecule has 0 saturated heterocycles. The zero-order valence-corrected chi connectivity index (χ0v) is 12.3. The fraction of sp³-hybridized carbons (Fsp3) is 0.857. The van der Waals surface area contributed by atoms with Gasteiger partial charge in [-0.1, -0.05) is 39.0 Å². The van der Waals surface area contributed by atoms with Crippen molar-refractivity contribution in [1.82, 2.24) is 0 Å². The molecule has 0 aromatic heterocycles. The highest BCUT2D eigenvalue weighted by atomic mass is 16.7. The molecule has 0 aliphatic heterocycles. The van der Waals surface area contributed by atoms with E-state index in [1.807, 2.05) is 0 Å². The fourth-order valence-electron chi connectivity index (χ4n) is 1.61. The van der Waals surface area contributed by atoms with Crippen molar-refractivity contribution in [2.45, 2.75) is 64.9 Å². The van der Waals surface area contributed by atoms with Gasteiger partial charge in [-0.3, -0.25) is 4.79 Å². The number of methoxy groups -OCH3 is 1. The number of unbranched alkanes of at least 4 members (excludes halogenated alkanes) is 5. The molecule has 0 rings (SSSR count). The lowest BCUT2D eigenvalue weighted by Crippen LogP contribution is -2.22. The Morgan fingerprint density at radius 3 is 2.32 bits per heavy atom. The highest BCUT2D eigenvalue weighted by Gasteiger charge is 2.11. The van der Waals surface area contributed by atoms with Gasteiger partial charge in [0.05, 0.1) is 7.11 Å². The SMILES string of the molecule is CCCCCCCCC(=O)OC(C)COC(=O)OC. The maximum absolute atomic E-state index is 11.5. The predicted octanol–water partition coefficient (Wildman–Crippen LogP) is 3.45. The topological polar surface area (TPSA) is 61.8 Å². The first-order valence-electron chi connectivity index (χ1n) is 7.00. The molecule has 0 N–H and O–H groups in total. The van der Waals surface area contributed by atoms with Crippen LogP contribution in [0.25, 0.3) is 0 Å². The van der Waals surface area contributed by atoms with E-state index in [1.165, 1.54) is 32.8 Å². The third-order valence-corrected chi connectivity index (χ3v) is 2.67. The molecule has 112 valence electrons. The third kappa shape index (κ3) is 11.6. The summed E-state index contributed by atoms with van der Waals surface area (Å²) in [6.45, 7) is 3.88. The van der Waals surface area contributed by atoms with Gasteiger partial charge in [0.25, 0.3) is 0 Å². The van der Waals surface area contributed by atoms with Crippen LogP contribution in [-0.2, 0) is 19.0 Å². The zero-order chi connectivity index (χ0) is 14.5. The summed E-state index contributed by atoms with van der Waals surface area (Å²) in [5.74, 6) is -0.239. The van der Waals surface area contributed by atoms with E-state index in [1.54, 1.807) is 6.92 Å². The van der Waals surface area contributed by atoms with Gasteiger partial charge in [0.2, 0.25) is 0 Å². The van der Waals surface area contributed by atoms with Crippen molar-refractivity contribution in [1.29, 1.82) is 0 Å². The molecule has 0 bridgehead atoms. The minimum atomic E-state index is -0.765. The molecule has 1 unspecified atom stereocenters. The van der Waals surface area contributed by atoms with Crippen molar-refractivity contribution in [3.05, 3.63) is 0 Å². The van der Waals surface area contributed by atoms with Crippen LogP contribution in [0.3, 0.4) is 0 Å². The van der Waals surface area contributed by atoms with Crippen LogP contribution in [0.5, 0.6) is 0 Å².